The first-order chi connectivity index (χ1) is 14.1. The molecule has 2 heterocycles. The number of rotatable bonds is 6. The van der Waals surface area contributed by atoms with Crippen molar-refractivity contribution in [2.24, 2.45) is 4.99 Å². The molecule has 29 heavy (non-hydrogen) atoms. The number of amides is 1. The summed E-state index contributed by atoms with van der Waals surface area (Å²) in [5.74, 6) is 1.55. The first-order valence-electron chi connectivity index (χ1n) is 8.83. The van der Waals surface area contributed by atoms with Gasteiger partial charge < -0.3 is 18.8 Å². The van der Waals surface area contributed by atoms with Gasteiger partial charge in [0.05, 0.1) is 23.1 Å². The molecule has 150 valence electrons. The van der Waals surface area contributed by atoms with Crippen molar-refractivity contribution in [1.82, 2.24) is 4.57 Å². The highest BCUT2D eigenvalue weighted by Crippen LogP contribution is 2.37. The highest BCUT2D eigenvalue weighted by Gasteiger charge is 2.19. The third kappa shape index (κ3) is 4.46. The van der Waals surface area contributed by atoms with Crippen molar-refractivity contribution >= 4 is 45.2 Å². The summed E-state index contributed by atoms with van der Waals surface area (Å²) >= 11 is 2.83. The van der Waals surface area contributed by atoms with Crippen LogP contribution in [0.3, 0.4) is 0 Å². The van der Waals surface area contributed by atoms with Gasteiger partial charge in [-0.05, 0) is 5.56 Å². The van der Waals surface area contributed by atoms with E-state index in [1.165, 1.54) is 30.2 Å². The average Bonchev–Trinajstić information content (AvgIpc) is 3.31. The first-order valence-corrected chi connectivity index (χ1v) is 10.8. The lowest BCUT2D eigenvalue weighted by Crippen LogP contribution is -2.22. The van der Waals surface area contributed by atoms with Crippen molar-refractivity contribution in [2.75, 3.05) is 19.7 Å². The molecule has 0 atom stereocenters. The molecular formula is C20H18N2O5S2. The Bertz CT molecular complexity index is 1120. The average molecular weight is 431 g/mol. The van der Waals surface area contributed by atoms with Crippen molar-refractivity contribution < 1.29 is 23.8 Å². The minimum Gasteiger partial charge on any atom is -0.468 e. The Morgan fingerprint density at radius 1 is 1.21 bits per heavy atom. The van der Waals surface area contributed by atoms with Crippen molar-refractivity contribution in [3.8, 4) is 11.5 Å². The number of carbonyl (C=O) groups excluding carboxylic acids is 2. The van der Waals surface area contributed by atoms with Crippen LogP contribution in [0.2, 0.25) is 0 Å². The number of ether oxygens (including phenoxy) is 3. The Hall–Kier alpha value is -2.78. The second-order valence-corrected chi connectivity index (χ2v) is 8.20. The smallest absolute Gasteiger partial charge is 0.325 e. The van der Waals surface area contributed by atoms with E-state index < -0.39 is 5.97 Å². The third-order valence-corrected chi connectivity index (χ3v) is 6.28. The van der Waals surface area contributed by atoms with Gasteiger partial charge in [0, 0.05) is 17.9 Å². The van der Waals surface area contributed by atoms with Crippen LogP contribution in [0.5, 0.6) is 11.5 Å². The Morgan fingerprint density at radius 3 is 2.72 bits per heavy atom. The fraction of sp³-hybridized carbons (Fsp3) is 0.250. The molecule has 4 rings (SSSR count). The number of nitrogens with zero attached hydrogens (tertiary/aromatic N) is 2. The van der Waals surface area contributed by atoms with Gasteiger partial charge in [-0.2, -0.15) is 4.99 Å². The topological polar surface area (TPSA) is 79.1 Å². The van der Waals surface area contributed by atoms with E-state index in [0.717, 1.165) is 21.5 Å². The fourth-order valence-electron chi connectivity index (χ4n) is 2.86. The molecule has 0 radical (unpaired) electrons. The van der Waals surface area contributed by atoms with Crippen LogP contribution in [0.4, 0.5) is 0 Å². The number of aromatic nitrogens is 1. The monoisotopic (exact) mass is 430 g/mol. The quantitative estimate of drug-likeness (QED) is 0.560. The van der Waals surface area contributed by atoms with E-state index in [9.17, 15) is 9.59 Å². The zero-order chi connectivity index (χ0) is 20.2. The molecule has 0 spiro atoms. The Kier molecular flexibility index (Phi) is 5.86. The largest absolute Gasteiger partial charge is 0.468 e. The minimum atomic E-state index is -0.422. The molecule has 0 N–H and O–H groups in total. The van der Waals surface area contributed by atoms with Crippen LogP contribution < -0.4 is 14.3 Å². The van der Waals surface area contributed by atoms with Crippen LogP contribution >= 0.6 is 23.1 Å². The van der Waals surface area contributed by atoms with Crippen LogP contribution in [0.15, 0.2) is 47.5 Å². The summed E-state index contributed by atoms with van der Waals surface area (Å²) in [5.41, 5.74) is 1.90. The number of esters is 1. The summed E-state index contributed by atoms with van der Waals surface area (Å²) in [4.78, 5) is 29.0. The molecule has 9 heteroatoms. The number of hydrogen-bond donors (Lipinski definition) is 0. The van der Waals surface area contributed by atoms with Crippen molar-refractivity contribution in [2.45, 2.75) is 12.3 Å². The van der Waals surface area contributed by atoms with E-state index in [1.807, 2.05) is 36.4 Å². The molecule has 0 aliphatic carbocycles. The van der Waals surface area contributed by atoms with Gasteiger partial charge in [-0.15, -0.1) is 11.8 Å². The maximum atomic E-state index is 12.4. The van der Waals surface area contributed by atoms with Gasteiger partial charge in [0.25, 0.3) is 5.91 Å². The summed E-state index contributed by atoms with van der Waals surface area (Å²) in [7, 11) is 1.33. The molecule has 0 saturated carbocycles. The summed E-state index contributed by atoms with van der Waals surface area (Å²) in [6, 6.07) is 13.6. The predicted octanol–water partition coefficient (Wildman–Crippen LogP) is 2.97. The first kappa shape index (κ1) is 19.5. The van der Waals surface area contributed by atoms with Crippen LogP contribution in [0, 0.1) is 0 Å². The van der Waals surface area contributed by atoms with Crippen LogP contribution in [0.25, 0.3) is 10.2 Å². The van der Waals surface area contributed by atoms with Crippen LogP contribution in [-0.4, -0.2) is 36.1 Å². The summed E-state index contributed by atoms with van der Waals surface area (Å²) in [6.45, 7) is 0.122. The number of fused-ring (bicyclic) bond motifs is 2. The zero-order valence-electron chi connectivity index (χ0n) is 15.6. The van der Waals surface area contributed by atoms with Gasteiger partial charge in [-0.3, -0.25) is 9.59 Å². The third-order valence-electron chi connectivity index (χ3n) is 4.25. The van der Waals surface area contributed by atoms with E-state index in [-0.39, 0.29) is 25.0 Å². The maximum absolute atomic E-state index is 12.4. The highest BCUT2D eigenvalue weighted by atomic mass is 32.2. The normalized spacial score (nSPS) is 13.1. The van der Waals surface area contributed by atoms with E-state index in [0.29, 0.717) is 16.3 Å². The molecule has 0 unspecified atom stereocenters. The SMILES string of the molecule is COC(=O)Cn1c(=NC(=O)CSCc2ccccc2)sc2cc3c(cc21)OCO3. The van der Waals surface area contributed by atoms with E-state index in [4.69, 9.17) is 14.2 Å². The second kappa shape index (κ2) is 8.71. The van der Waals surface area contributed by atoms with Gasteiger partial charge >= 0.3 is 5.97 Å². The molecule has 2 aromatic carbocycles. The molecule has 7 nitrogen and oxygen atoms in total. The van der Waals surface area contributed by atoms with E-state index >= 15 is 0 Å². The number of hydrogen-bond acceptors (Lipinski definition) is 7. The standard InChI is InChI=1S/C20H18N2O5S2/c1-25-19(24)9-22-14-7-15-16(27-12-26-15)8-17(14)29-20(22)21-18(23)11-28-10-13-5-3-2-4-6-13/h2-8H,9-12H2,1H3. The summed E-state index contributed by atoms with van der Waals surface area (Å²) in [5, 5.41) is 0. The lowest BCUT2D eigenvalue weighted by molar-refractivity contribution is -0.141. The predicted molar refractivity (Wildman–Crippen MR) is 111 cm³/mol. The van der Waals surface area contributed by atoms with Gasteiger partial charge in [0.1, 0.15) is 6.54 Å². The molecule has 1 aromatic heterocycles. The van der Waals surface area contributed by atoms with E-state index in [1.54, 1.807) is 10.6 Å². The maximum Gasteiger partial charge on any atom is 0.325 e. The molecular weight excluding hydrogens is 412 g/mol. The molecule has 0 bridgehead atoms. The number of carbonyl (C=O) groups is 2. The molecule has 1 aliphatic heterocycles. The fourth-order valence-corrected chi connectivity index (χ4v) is 4.69. The highest BCUT2D eigenvalue weighted by molar-refractivity contribution is 7.99. The Balaban J connectivity index is 1.59. The lowest BCUT2D eigenvalue weighted by atomic mass is 10.2. The minimum absolute atomic E-state index is 0.0422. The lowest BCUT2D eigenvalue weighted by Gasteiger charge is -2.04. The molecule has 1 aliphatic rings. The molecule has 0 fully saturated rings. The van der Waals surface area contributed by atoms with Gasteiger partial charge in [-0.1, -0.05) is 41.7 Å². The molecule has 0 saturated heterocycles. The van der Waals surface area contributed by atoms with E-state index in [2.05, 4.69) is 4.99 Å². The summed E-state index contributed by atoms with van der Waals surface area (Å²) < 4.78 is 18.2. The van der Waals surface area contributed by atoms with Gasteiger partial charge in [-0.25, -0.2) is 0 Å². The Labute approximate surface area is 174 Å². The molecule has 3 aromatic rings. The summed E-state index contributed by atoms with van der Waals surface area (Å²) in [6.07, 6.45) is 0. The second-order valence-electron chi connectivity index (χ2n) is 6.20. The van der Waals surface area contributed by atoms with Crippen molar-refractivity contribution in [3.05, 3.63) is 52.8 Å². The van der Waals surface area contributed by atoms with Crippen molar-refractivity contribution in [3.63, 3.8) is 0 Å². The number of methoxy groups -OCH3 is 1. The zero-order valence-corrected chi connectivity index (χ0v) is 17.3. The van der Waals surface area contributed by atoms with Crippen molar-refractivity contribution in [1.29, 1.82) is 0 Å². The van der Waals surface area contributed by atoms with Gasteiger partial charge in [0.15, 0.2) is 16.3 Å². The van der Waals surface area contributed by atoms with Crippen LogP contribution in [0.1, 0.15) is 5.56 Å². The van der Waals surface area contributed by atoms with Crippen LogP contribution in [-0.2, 0) is 26.6 Å². The number of thiazole rings is 1. The number of benzene rings is 2. The number of thioether (sulfide) groups is 1. The molecule has 1 amide bonds. The Morgan fingerprint density at radius 2 is 1.97 bits per heavy atom. The van der Waals surface area contributed by atoms with Gasteiger partial charge in [0.2, 0.25) is 6.79 Å².